The van der Waals surface area contributed by atoms with Gasteiger partial charge in [-0.3, -0.25) is 0 Å². The van der Waals surface area contributed by atoms with Gasteiger partial charge in [0.2, 0.25) is 0 Å². The van der Waals surface area contributed by atoms with Crippen LogP contribution >= 0.6 is 0 Å². The lowest BCUT2D eigenvalue weighted by molar-refractivity contribution is -0.117. The molecule has 2 aliphatic rings. The number of Topliss-reactive ketones (excluding diaryl/α,β-unsaturated/α-hetero) is 1. The number of unbranched alkanes of at least 4 members (excludes halogenated alkanes) is 7. The summed E-state index contributed by atoms with van der Waals surface area (Å²) in [5.41, 5.74) is 2.50. The van der Waals surface area contributed by atoms with Gasteiger partial charge in [0.15, 0.2) is 12.4 Å². The van der Waals surface area contributed by atoms with Gasteiger partial charge in [0.25, 0.3) is 0 Å². The summed E-state index contributed by atoms with van der Waals surface area (Å²) in [5.74, 6) is 2.00. The van der Waals surface area contributed by atoms with E-state index in [9.17, 15) is 15.0 Å². The second-order valence-corrected chi connectivity index (χ2v) is 10.6. The number of aryl methyl sites for hydroxylation is 1. The summed E-state index contributed by atoms with van der Waals surface area (Å²) in [6, 6.07) is 10.9. The highest BCUT2D eigenvalue weighted by Gasteiger charge is 2.48. The Hall–Kier alpha value is -3.51. The Morgan fingerprint density at radius 3 is 2.35 bits per heavy atom. The second kappa shape index (κ2) is 14.8. The largest absolute Gasteiger partial charge is 0.508 e. The van der Waals surface area contributed by atoms with Crippen LogP contribution in [0.5, 0.6) is 17.2 Å². The molecule has 0 aliphatic carbocycles. The summed E-state index contributed by atoms with van der Waals surface area (Å²) < 4.78 is 17.9. The molecule has 2 heterocycles. The van der Waals surface area contributed by atoms with E-state index >= 15 is 0 Å². The first kappa shape index (κ1) is 31.0. The minimum Gasteiger partial charge on any atom is -0.508 e. The van der Waals surface area contributed by atoms with Crippen molar-refractivity contribution >= 4 is 5.78 Å². The van der Waals surface area contributed by atoms with Crippen LogP contribution < -0.4 is 9.47 Å². The maximum absolute atomic E-state index is 10.6. The molecule has 40 heavy (non-hydrogen) atoms. The molecule has 1 spiro atoms. The van der Waals surface area contributed by atoms with Crippen LogP contribution in [0.4, 0.5) is 0 Å². The molecule has 4 rings (SSSR count). The number of rotatable bonds is 11. The maximum atomic E-state index is 10.6. The summed E-state index contributed by atoms with van der Waals surface area (Å²) in [6.45, 7) is 11.5. The Morgan fingerprint density at radius 2 is 1.68 bits per heavy atom. The number of aliphatic hydroxyl groups is 1. The number of ether oxygens (including phenoxy) is 3. The molecule has 1 atom stereocenters. The molecule has 0 amide bonds. The van der Waals surface area contributed by atoms with Crippen LogP contribution in [0.2, 0.25) is 0 Å². The Kier molecular flexibility index (Phi) is 11.4. The number of carbonyl (C=O) groups excluding carboxylic acids is 1. The summed E-state index contributed by atoms with van der Waals surface area (Å²) in [6.07, 6.45) is 14.1. The van der Waals surface area contributed by atoms with E-state index in [0.717, 1.165) is 40.9 Å². The van der Waals surface area contributed by atoms with Gasteiger partial charge in [-0.15, -0.1) is 0 Å². The van der Waals surface area contributed by atoms with Gasteiger partial charge >= 0.3 is 0 Å². The van der Waals surface area contributed by atoms with Crippen molar-refractivity contribution in [2.45, 2.75) is 91.1 Å². The molecule has 1 unspecified atom stereocenters. The average molecular weight is 549 g/mol. The normalized spacial score (nSPS) is 17.6. The summed E-state index contributed by atoms with van der Waals surface area (Å²) >= 11 is 0. The molecule has 0 saturated carbocycles. The van der Waals surface area contributed by atoms with Gasteiger partial charge in [0.1, 0.15) is 34.6 Å². The topological polar surface area (TPSA) is 85.2 Å². The quantitative estimate of drug-likeness (QED) is 0.166. The van der Waals surface area contributed by atoms with Gasteiger partial charge in [0, 0.05) is 35.3 Å². The van der Waals surface area contributed by atoms with Gasteiger partial charge in [0.05, 0.1) is 0 Å². The number of phenols is 1. The first-order valence-corrected chi connectivity index (χ1v) is 14.4. The van der Waals surface area contributed by atoms with E-state index in [1.165, 1.54) is 63.2 Å². The van der Waals surface area contributed by atoms with E-state index in [1.807, 2.05) is 32.0 Å². The Labute approximate surface area is 239 Å². The third kappa shape index (κ3) is 7.57. The van der Waals surface area contributed by atoms with Gasteiger partial charge < -0.3 is 29.2 Å². The SMILES string of the molecule is C=C/C(O)=C\C1=C(C)C2(OCOc3ccc(C)cc32)c2ccc(O)cc2O1.CCCCCCCCCCC(C)=O. The molecule has 0 bridgehead atoms. The highest BCUT2D eigenvalue weighted by molar-refractivity contribution is 5.75. The number of fused-ring (bicyclic) bond motifs is 4. The lowest BCUT2D eigenvalue weighted by atomic mass is 9.76. The maximum Gasteiger partial charge on any atom is 0.190 e. The number of hydrogen-bond donors (Lipinski definition) is 2. The molecule has 2 aromatic rings. The number of phenolic OH excluding ortho intramolecular Hbond substituents is 1. The van der Waals surface area contributed by atoms with Crippen LogP contribution in [0.25, 0.3) is 0 Å². The number of hydrogen-bond acceptors (Lipinski definition) is 6. The molecule has 0 saturated heterocycles. The van der Waals surface area contributed by atoms with Gasteiger partial charge in [-0.2, -0.15) is 0 Å². The van der Waals surface area contributed by atoms with Crippen LogP contribution in [-0.2, 0) is 15.1 Å². The fraction of sp³-hybridized carbons (Fsp3) is 0.441. The zero-order valence-corrected chi connectivity index (χ0v) is 24.4. The minimum atomic E-state index is -0.950. The van der Waals surface area contributed by atoms with Gasteiger partial charge in [-0.1, -0.05) is 70.1 Å². The smallest absolute Gasteiger partial charge is 0.190 e. The first-order chi connectivity index (χ1) is 19.2. The van der Waals surface area contributed by atoms with E-state index in [-0.39, 0.29) is 18.3 Å². The molecule has 6 heteroatoms. The lowest BCUT2D eigenvalue weighted by Crippen LogP contribution is -2.41. The molecule has 2 aromatic carbocycles. The fourth-order valence-corrected chi connectivity index (χ4v) is 5.13. The highest BCUT2D eigenvalue weighted by atomic mass is 16.7. The number of aromatic hydroxyl groups is 1. The standard InChI is InChI=1S/C22H20O5.C12H24O/c1-4-15(23)10-20-14(3)22(17-7-6-16(24)11-21(17)27-20)18-9-13(2)5-8-19(18)25-12-26-22;1-3-4-5-6-7-8-9-10-11-12(2)13/h4-11,23-24H,1,12H2,2-3H3;3-11H2,1-2H3/b15-10+;. The molecule has 0 aromatic heterocycles. The van der Waals surface area contributed by atoms with Gasteiger partial charge in [-0.05, 0) is 57.5 Å². The number of carbonyl (C=O) groups is 1. The molecule has 6 nitrogen and oxygen atoms in total. The molecular weight excluding hydrogens is 504 g/mol. The Bertz CT molecular complexity index is 1240. The van der Waals surface area contributed by atoms with E-state index in [1.54, 1.807) is 19.1 Å². The summed E-state index contributed by atoms with van der Waals surface area (Å²) in [5, 5.41) is 19.9. The zero-order valence-electron chi connectivity index (χ0n) is 24.4. The van der Waals surface area contributed by atoms with Crippen LogP contribution in [0.15, 0.2) is 72.2 Å². The average Bonchev–Trinajstić information content (AvgIpc) is 2.93. The van der Waals surface area contributed by atoms with Crippen molar-refractivity contribution in [1.82, 2.24) is 0 Å². The molecule has 216 valence electrons. The molecule has 2 N–H and O–H groups in total. The van der Waals surface area contributed by atoms with Crippen LogP contribution in [0.1, 0.15) is 95.2 Å². The van der Waals surface area contributed by atoms with E-state index in [4.69, 9.17) is 14.2 Å². The van der Waals surface area contributed by atoms with E-state index < -0.39 is 5.60 Å². The second-order valence-electron chi connectivity index (χ2n) is 10.6. The van der Waals surface area contributed by atoms with Crippen molar-refractivity contribution in [3.63, 3.8) is 0 Å². The van der Waals surface area contributed by atoms with Gasteiger partial charge in [-0.25, -0.2) is 0 Å². The third-order valence-corrected chi connectivity index (χ3v) is 7.34. The summed E-state index contributed by atoms with van der Waals surface area (Å²) in [7, 11) is 0. The van der Waals surface area contributed by atoms with Crippen molar-refractivity contribution in [3.8, 4) is 17.2 Å². The lowest BCUT2D eigenvalue weighted by Gasteiger charge is -2.43. The fourth-order valence-electron chi connectivity index (χ4n) is 5.13. The first-order valence-electron chi connectivity index (χ1n) is 14.4. The Balaban J connectivity index is 0.000000289. The van der Waals surface area contributed by atoms with Crippen molar-refractivity contribution in [2.24, 2.45) is 0 Å². The number of allylic oxidation sites excluding steroid dienone is 2. The molecule has 0 radical (unpaired) electrons. The van der Waals surface area contributed by atoms with Crippen molar-refractivity contribution in [3.05, 3.63) is 88.9 Å². The van der Waals surface area contributed by atoms with Crippen molar-refractivity contribution in [1.29, 1.82) is 0 Å². The van der Waals surface area contributed by atoms with Crippen molar-refractivity contribution < 1.29 is 29.2 Å². The third-order valence-electron chi connectivity index (χ3n) is 7.34. The molecule has 2 aliphatic heterocycles. The van der Waals surface area contributed by atoms with E-state index in [2.05, 4.69) is 13.5 Å². The number of benzene rings is 2. The van der Waals surface area contributed by atoms with E-state index in [0.29, 0.717) is 17.3 Å². The number of aliphatic hydroxyl groups excluding tert-OH is 1. The molecule has 0 fully saturated rings. The minimum absolute atomic E-state index is 0.0281. The molecular formula is C34H44O6. The van der Waals surface area contributed by atoms with Crippen molar-refractivity contribution in [2.75, 3.05) is 6.79 Å². The predicted octanol–water partition coefficient (Wildman–Crippen LogP) is 8.71. The van der Waals surface area contributed by atoms with Crippen LogP contribution in [-0.4, -0.2) is 22.8 Å². The number of ketones is 1. The Morgan fingerprint density at radius 1 is 0.975 bits per heavy atom. The predicted molar refractivity (Wildman–Crippen MR) is 159 cm³/mol. The van der Waals surface area contributed by atoms with Crippen LogP contribution in [0.3, 0.4) is 0 Å². The summed E-state index contributed by atoms with van der Waals surface area (Å²) in [4.78, 5) is 10.6. The zero-order chi connectivity index (χ0) is 29.1. The monoisotopic (exact) mass is 548 g/mol. The highest BCUT2D eigenvalue weighted by Crippen LogP contribution is 2.53. The van der Waals surface area contributed by atoms with Crippen LogP contribution in [0, 0.1) is 6.92 Å².